The number of anilines is 1. The van der Waals surface area contributed by atoms with E-state index in [2.05, 4.69) is 15.3 Å². The molecule has 6 heteroatoms. The van der Waals surface area contributed by atoms with Crippen LogP contribution in [0.25, 0.3) is 11.3 Å². The minimum atomic E-state index is -0.389. The third-order valence-corrected chi connectivity index (χ3v) is 4.58. The summed E-state index contributed by atoms with van der Waals surface area (Å²) < 4.78 is 0. The quantitative estimate of drug-likeness (QED) is 0.748. The number of aromatic nitrogens is 2. The van der Waals surface area contributed by atoms with Gasteiger partial charge in [0.05, 0.1) is 11.6 Å². The smallest absolute Gasteiger partial charge is 0.234 e. The van der Waals surface area contributed by atoms with Crippen molar-refractivity contribution in [1.82, 2.24) is 9.97 Å². The van der Waals surface area contributed by atoms with E-state index in [1.165, 1.54) is 11.3 Å². The molecular formula is C18H18N4OS. The molecule has 0 spiro atoms. The molecule has 0 bridgehead atoms. The van der Waals surface area contributed by atoms with E-state index in [-0.39, 0.29) is 18.4 Å². The van der Waals surface area contributed by atoms with Crippen LogP contribution in [-0.2, 0) is 4.79 Å². The number of carbonyl (C=O) groups excluding carboxylic acids is 1. The van der Waals surface area contributed by atoms with Gasteiger partial charge in [-0.25, -0.2) is 4.98 Å². The first kappa shape index (κ1) is 16.3. The van der Waals surface area contributed by atoms with E-state index in [9.17, 15) is 4.79 Å². The summed E-state index contributed by atoms with van der Waals surface area (Å²) in [5.74, 6) is -0.526. The third-order valence-electron chi connectivity index (χ3n) is 3.83. The van der Waals surface area contributed by atoms with Gasteiger partial charge in [0.1, 0.15) is 0 Å². The molecule has 122 valence electrons. The number of nitrogens with zero attached hydrogens (tertiary/aromatic N) is 2. The van der Waals surface area contributed by atoms with Crippen molar-refractivity contribution in [2.24, 2.45) is 5.73 Å². The third kappa shape index (κ3) is 3.50. The van der Waals surface area contributed by atoms with Gasteiger partial charge in [-0.2, -0.15) is 0 Å². The van der Waals surface area contributed by atoms with Crippen LogP contribution in [0.1, 0.15) is 17.0 Å². The molecule has 1 amide bonds. The van der Waals surface area contributed by atoms with E-state index < -0.39 is 0 Å². The minimum absolute atomic E-state index is 0.137. The number of rotatable bonds is 5. The summed E-state index contributed by atoms with van der Waals surface area (Å²) >= 11 is 1.40. The second kappa shape index (κ2) is 7.33. The van der Waals surface area contributed by atoms with Crippen molar-refractivity contribution >= 4 is 22.4 Å². The first-order valence-electron chi connectivity index (χ1n) is 7.61. The van der Waals surface area contributed by atoms with Gasteiger partial charge in [-0.1, -0.05) is 24.3 Å². The summed E-state index contributed by atoms with van der Waals surface area (Å²) in [5.41, 5.74) is 9.63. The Kier molecular flexibility index (Phi) is 4.98. The van der Waals surface area contributed by atoms with Gasteiger partial charge in [0.2, 0.25) is 5.91 Å². The van der Waals surface area contributed by atoms with Crippen molar-refractivity contribution in [2.75, 3.05) is 11.9 Å². The summed E-state index contributed by atoms with van der Waals surface area (Å²) in [7, 11) is 0. The second-order valence-corrected chi connectivity index (χ2v) is 6.27. The van der Waals surface area contributed by atoms with Gasteiger partial charge in [0, 0.05) is 29.9 Å². The number of thiazole rings is 1. The van der Waals surface area contributed by atoms with Gasteiger partial charge in [-0.3, -0.25) is 9.78 Å². The monoisotopic (exact) mass is 338 g/mol. The Bertz CT molecular complexity index is 832. The molecule has 3 N–H and O–H groups in total. The molecule has 2 heterocycles. The lowest BCUT2D eigenvalue weighted by atomic mass is 9.94. The van der Waals surface area contributed by atoms with Gasteiger partial charge in [-0.05, 0) is 30.2 Å². The predicted octanol–water partition coefficient (Wildman–Crippen LogP) is 3.19. The molecule has 1 unspecified atom stereocenters. The molecule has 3 rings (SSSR count). The summed E-state index contributed by atoms with van der Waals surface area (Å²) in [5, 5.41) is 5.36. The molecule has 3 aromatic rings. The van der Waals surface area contributed by atoms with Gasteiger partial charge < -0.3 is 11.1 Å². The number of hydrogen-bond acceptors (Lipinski definition) is 5. The highest BCUT2D eigenvalue weighted by Crippen LogP contribution is 2.26. The number of benzene rings is 1. The van der Waals surface area contributed by atoms with Crippen LogP contribution in [-0.4, -0.2) is 22.4 Å². The van der Waals surface area contributed by atoms with E-state index in [1.54, 1.807) is 12.4 Å². The van der Waals surface area contributed by atoms with E-state index in [0.717, 1.165) is 22.4 Å². The van der Waals surface area contributed by atoms with Crippen LogP contribution in [0, 0.1) is 6.92 Å². The lowest BCUT2D eigenvalue weighted by molar-refractivity contribution is -0.117. The van der Waals surface area contributed by atoms with E-state index >= 15 is 0 Å². The zero-order valence-electron chi connectivity index (χ0n) is 13.3. The fraction of sp³-hybridized carbons (Fsp3) is 0.167. The highest BCUT2D eigenvalue weighted by molar-refractivity contribution is 7.14. The molecule has 24 heavy (non-hydrogen) atoms. The maximum Gasteiger partial charge on any atom is 0.234 e. The molecule has 0 saturated heterocycles. The molecular weight excluding hydrogens is 320 g/mol. The second-order valence-electron chi connectivity index (χ2n) is 5.41. The lowest BCUT2D eigenvalue weighted by Crippen LogP contribution is -2.28. The Morgan fingerprint density at radius 1 is 1.25 bits per heavy atom. The number of amides is 1. The van der Waals surface area contributed by atoms with Crippen molar-refractivity contribution in [3.05, 3.63) is 65.3 Å². The number of hydrogen-bond donors (Lipinski definition) is 2. The molecule has 0 fully saturated rings. The molecule has 0 aliphatic carbocycles. The average Bonchev–Trinajstić information content (AvgIpc) is 3.06. The zero-order chi connectivity index (χ0) is 16.9. The van der Waals surface area contributed by atoms with Crippen molar-refractivity contribution in [1.29, 1.82) is 0 Å². The van der Waals surface area contributed by atoms with Crippen molar-refractivity contribution < 1.29 is 4.79 Å². The molecule has 0 aliphatic heterocycles. The van der Waals surface area contributed by atoms with E-state index in [1.807, 2.05) is 48.7 Å². The maximum atomic E-state index is 12.6. The lowest BCUT2D eigenvalue weighted by Gasteiger charge is -2.16. The number of pyridine rings is 1. The van der Waals surface area contributed by atoms with Crippen LogP contribution in [0.4, 0.5) is 5.13 Å². The van der Waals surface area contributed by atoms with Crippen molar-refractivity contribution in [3.63, 3.8) is 0 Å². The number of aryl methyl sites for hydroxylation is 1. The molecule has 0 radical (unpaired) electrons. The Morgan fingerprint density at radius 2 is 2.00 bits per heavy atom. The van der Waals surface area contributed by atoms with Crippen LogP contribution < -0.4 is 11.1 Å². The number of nitrogens with two attached hydrogens (primary N) is 1. The largest absolute Gasteiger partial charge is 0.329 e. The van der Waals surface area contributed by atoms with E-state index in [0.29, 0.717) is 5.13 Å². The number of nitrogens with one attached hydrogen (secondary N) is 1. The normalized spacial score (nSPS) is 11.9. The Labute approximate surface area is 144 Å². The highest BCUT2D eigenvalue weighted by Gasteiger charge is 2.21. The molecule has 2 aromatic heterocycles. The molecule has 0 aliphatic rings. The van der Waals surface area contributed by atoms with Gasteiger partial charge in [0.15, 0.2) is 5.13 Å². The molecule has 1 atom stereocenters. The van der Waals surface area contributed by atoms with Gasteiger partial charge in [-0.15, -0.1) is 11.3 Å². The van der Waals surface area contributed by atoms with Gasteiger partial charge in [0.25, 0.3) is 0 Å². The van der Waals surface area contributed by atoms with Gasteiger partial charge >= 0.3 is 0 Å². The standard InChI is InChI=1S/C18H18N4OS/c1-12-4-2-3-5-14(12)15(10-19)17(23)22-18-21-16(11-24-18)13-6-8-20-9-7-13/h2-9,11,15H,10,19H2,1H3,(H,21,22,23). The van der Waals surface area contributed by atoms with Crippen molar-refractivity contribution in [2.45, 2.75) is 12.8 Å². The Balaban J connectivity index is 1.77. The van der Waals surface area contributed by atoms with Crippen LogP contribution >= 0.6 is 11.3 Å². The fourth-order valence-corrected chi connectivity index (χ4v) is 3.25. The summed E-state index contributed by atoms with van der Waals surface area (Å²) in [4.78, 5) is 21.1. The minimum Gasteiger partial charge on any atom is -0.329 e. The molecule has 1 aromatic carbocycles. The van der Waals surface area contributed by atoms with Crippen LogP contribution in [0.5, 0.6) is 0 Å². The zero-order valence-corrected chi connectivity index (χ0v) is 14.1. The molecule has 0 saturated carbocycles. The van der Waals surface area contributed by atoms with Crippen LogP contribution in [0.3, 0.4) is 0 Å². The summed E-state index contributed by atoms with van der Waals surface area (Å²) in [6.07, 6.45) is 3.44. The van der Waals surface area contributed by atoms with Crippen LogP contribution in [0.2, 0.25) is 0 Å². The highest BCUT2D eigenvalue weighted by atomic mass is 32.1. The first-order chi connectivity index (χ1) is 11.7. The summed E-state index contributed by atoms with van der Waals surface area (Å²) in [6, 6.07) is 11.6. The topological polar surface area (TPSA) is 80.9 Å². The predicted molar refractivity (Wildman–Crippen MR) is 96.9 cm³/mol. The van der Waals surface area contributed by atoms with Crippen LogP contribution in [0.15, 0.2) is 54.2 Å². The van der Waals surface area contributed by atoms with Crippen molar-refractivity contribution in [3.8, 4) is 11.3 Å². The first-order valence-corrected chi connectivity index (χ1v) is 8.49. The van der Waals surface area contributed by atoms with E-state index in [4.69, 9.17) is 5.73 Å². The maximum absolute atomic E-state index is 12.6. The SMILES string of the molecule is Cc1ccccc1C(CN)C(=O)Nc1nc(-c2ccncc2)cs1. The Morgan fingerprint density at radius 3 is 2.71 bits per heavy atom. The average molecular weight is 338 g/mol. The number of carbonyl (C=O) groups is 1. The molecule has 5 nitrogen and oxygen atoms in total. The summed E-state index contributed by atoms with van der Waals surface area (Å²) in [6.45, 7) is 2.23. The Hall–Kier alpha value is -2.57. The fourth-order valence-electron chi connectivity index (χ4n) is 2.53.